The number of hydrogen-bond donors (Lipinski definition) is 1. The smallest absolute Gasteiger partial charge is 0.131 e. The summed E-state index contributed by atoms with van der Waals surface area (Å²) in [5.74, 6) is 2.43. The molecule has 2 rings (SSSR count). The summed E-state index contributed by atoms with van der Waals surface area (Å²) in [5, 5.41) is 0. The quantitative estimate of drug-likeness (QED) is 0.914. The van der Waals surface area contributed by atoms with Crippen molar-refractivity contribution in [3.8, 4) is 11.3 Å². The fraction of sp³-hybridized carbons (Fsp3) is 0.471. The minimum absolute atomic E-state index is 0.559. The van der Waals surface area contributed by atoms with Crippen molar-refractivity contribution in [3.05, 3.63) is 35.2 Å². The SMILES string of the molecule is CCc1nc(-c2cc(C)ccc2C)c(N)n1CC(C)C. The predicted octanol–water partition coefficient (Wildman–Crippen LogP) is 3.97. The molecule has 0 saturated carbocycles. The minimum atomic E-state index is 0.559. The van der Waals surface area contributed by atoms with Gasteiger partial charge in [-0.05, 0) is 31.4 Å². The Kier molecular flexibility index (Phi) is 4.17. The molecule has 20 heavy (non-hydrogen) atoms. The third-order valence-electron chi connectivity index (χ3n) is 3.60. The number of imidazole rings is 1. The van der Waals surface area contributed by atoms with Gasteiger partial charge in [0.15, 0.2) is 0 Å². The van der Waals surface area contributed by atoms with Crippen LogP contribution < -0.4 is 5.73 Å². The molecule has 2 N–H and O–H groups in total. The van der Waals surface area contributed by atoms with Gasteiger partial charge in [0.1, 0.15) is 17.3 Å². The van der Waals surface area contributed by atoms with E-state index >= 15 is 0 Å². The summed E-state index contributed by atoms with van der Waals surface area (Å²) in [6.07, 6.45) is 0.905. The fourth-order valence-electron chi connectivity index (χ4n) is 2.54. The van der Waals surface area contributed by atoms with Crippen molar-refractivity contribution in [2.24, 2.45) is 5.92 Å². The van der Waals surface area contributed by atoms with Gasteiger partial charge < -0.3 is 10.3 Å². The Balaban J connectivity index is 2.57. The lowest BCUT2D eigenvalue weighted by atomic mass is 10.0. The van der Waals surface area contributed by atoms with Crippen molar-refractivity contribution in [2.45, 2.75) is 47.6 Å². The Bertz CT molecular complexity index is 609. The molecule has 0 aliphatic carbocycles. The molecule has 3 heteroatoms. The topological polar surface area (TPSA) is 43.8 Å². The summed E-state index contributed by atoms with van der Waals surface area (Å²) >= 11 is 0. The van der Waals surface area contributed by atoms with Crippen LogP contribution in [0.5, 0.6) is 0 Å². The Hall–Kier alpha value is -1.77. The third-order valence-corrected chi connectivity index (χ3v) is 3.60. The van der Waals surface area contributed by atoms with Crippen LogP contribution in [0.3, 0.4) is 0 Å². The van der Waals surface area contributed by atoms with Gasteiger partial charge in [-0.3, -0.25) is 0 Å². The summed E-state index contributed by atoms with van der Waals surface area (Å²) in [6.45, 7) is 11.7. The van der Waals surface area contributed by atoms with E-state index in [0.717, 1.165) is 35.9 Å². The van der Waals surface area contributed by atoms with Gasteiger partial charge >= 0.3 is 0 Å². The number of aryl methyl sites for hydroxylation is 3. The summed E-state index contributed by atoms with van der Waals surface area (Å²) in [6, 6.07) is 6.44. The number of nitrogens with two attached hydrogens (primary N) is 1. The van der Waals surface area contributed by atoms with Crippen molar-refractivity contribution < 1.29 is 0 Å². The van der Waals surface area contributed by atoms with Crippen molar-refractivity contribution in [1.29, 1.82) is 0 Å². The number of hydrogen-bond acceptors (Lipinski definition) is 2. The van der Waals surface area contributed by atoms with Gasteiger partial charge in [0.05, 0.1) is 0 Å². The Morgan fingerprint density at radius 2 is 1.95 bits per heavy atom. The Labute approximate surface area is 121 Å². The van der Waals surface area contributed by atoms with Gasteiger partial charge in [-0.25, -0.2) is 4.98 Å². The second-order valence-corrected chi connectivity index (χ2v) is 5.94. The van der Waals surface area contributed by atoms with Crippen LogP contribution in [0.25, 0.3) is 11.3 Å². The minimum Gasteiger partial charge on any atom is -0.383 e. The van der Waals surface area contributed by atoms with E-state index in [1.807, 2.05) is 0 Å². The van der Waals surface area contributed by atoms with E-state index in [4.69, 9.17) is 10.7 Å². The molecule has 3 nitrogen and oxygen atoms in total. The average molecular weight is 271 g/mol. The average Bonchev–Trinajstić information content (AvgIpc) is 2.69. The van der Waals surface area contributed by atoms with Gasteiger partial charge in [0, 0.05) is 18.5 Å². The van der Waals surface area contributed by atoms with E-state index in [-0.39, 0.29) is 0 Å². The maximum Gasteiger partial charge on any atom is 0.131 e. The molecule has 0 unspecified atom stereocenters. The molecule has 1 aromatic heterocycles. The number of rotatable bonds is 4. The summed E-state index contributed by atoms with van der Waals surface area (Å²) in [7, 11) is 0. The van der Waals surface area contributed by atoms with Crippen molar-refractivity contribution in [3.63, 3.8) is 0 Å². The molecule has 1 heterocycles. The van der Waals surface area contributed by atoms with Crippen LogP contribution in [-0.4, -0.2) is 9.55 Å². The van der Waals surface area contributed by atoms with Gasteiger partial charge in [-0.2, -0.15) is 0 Å². The first-order valence-electron chi connectivity index (χ1n) is 7.36. The van der Waals surface area contributed by atoms with E-state index in [1.54, 1.807) is 0 Å². The highest BCUT2D eigenvalue weighted by atomic mass is 15.1. The van der Waals surface area contributed by atoms with Crippen LogP contribution in [0.2, 0.25) is 0 Å². The number of benzene rings is 1. The standard InChI is InChI=1S/C17H25N3/c1-6-15-19-16(17(18)20(15)10-11(2)3)14-9-12(4)7-8-13(14)5/h7-9,11H,6,10,18H2,1-5H3. The molecule has 0 aliphatic heterocycles. The van der Waals surface area contributed by atoms with E-state index in [2.05, 4.69) is 57.4 Å². The zero-order valence-corrected chi connectivity index (χ0v) is 13.2. The van der Waals surface area contributed by atoms with Crippen LogP contribution >= 0.6 is 0 Å². The summed E-state index contributed by atoms with van der Waals surface area (Å²) < 4.78 is 2.17. The lowest BCUT2D eigenvalue weighted by molar-refractivity contribution is 0.513. The van der Waals surface area contributed by atoms with E-state index in [1.165, 1.54) is 11.1 Å². The first kappa shape index (κ1) is 14.6. The van der Waals surface area contributed by atoms with Crippen molar-refractivity contribution >= 4 is 5.82 Å². The van der Waals surface area contributed by atoms with Crippen molar-refractivity contribution in [1.82, 2.24) is 9.55 Å². The second kappa shape index (κ2) is 5.70. The van der Waals surface area contributed by atoms with Crippen LogP contribution in [-0.2, 0) is 13.0 Å². The number of aromatic nitrogens is 2. The Morgan fingerprint density at radius 3 is 2.55 bits per heavy atom. The Morgan fingerprint density at radius 1 is 1.25 bits per heavy atom. The molecule has 0 saturated heterocycles. The number of anilines is 1. The predicted molar refractivity (Wildman–Crippen MR) is 85.8 cm³/mol. The van der Waals surface area contributed by atoms with Gasteiger partial charge in [-0.15, -0.1) is 0 Å². The molecule has 2 aromatic rings. The second-order valence-electron chi connectivity index (χ2n) is 5.94. The molecular formula is C17H25N3. The molecule has 0 fully saturated rings. The first-order valence-corrected chi connectivity index (χ1v) is 7.36. The highest BCUT2D eigenvalue weighted by Crippen LogP contribution is 2.30. The maximum atomic E-state index is 6.38. The van der Waals surface area contributed by atoms with Crippen LogP contribution in [0, 0.1) is 19.8 Å². The first-order chi connectivity index (χ1) is 9.43. The highest BCUT2D eigenvalue weighted by Gasteiger charge is 2.17. The molecule has 0 amide bonds. The molecule has 0 radical (unpaired) electrons. The zero-order valence-electron chi connectivity index (χ0n) is 13.2. The van der Waals surface area contributed by atoms with Gasteiger partial charge in [0.25, 0.3) is 0 Å². The number of nitrogens with zero attached hydrogens (tertiary/aromatic N) is 2. The maximum absolute atomic E-state index is 6.38. The lowest BCUT2D eigenvalue weighted by Crippen LogP contribution is -2.11. The van der Waals surface area contributed by atoms with E-state index in [0.29, 0.717) is 5.92 Å². The largest absolute Gasteiger partial charge is 0.383 e. The molecular weight excluding hydrogens is 246 g/mol. The van der Waals surface area contributed by atoms with Crippen molar-refractivity contribution in [2.75, 3.05) is 5.73 Å². The van der Waals surface area contributed by atoms with Crippen LogP contribution in [0.15, 0.2) is 18.2 Å². The molecule has 0 atom stereocenters. The van der Waals surface area contributed by atoms with Gasteiger partial charge in [-0.1, -0.05) is 38.5 Å². The van der Waals surface area contributed by atoms with Crippen LogP contribution in [0.4, 0.5) is 5.82 Å². The summed E-state index contributed by atoms with van der Waals surface area (Å²) in [4.78, 5) is 4.79. The molecule has 0 spiro atoms. The molecule has 108 valence electrons. The normalized spacial score (nSPS) is 11.3. The van der Waals surface area contributed by atoms with Crippen LogP contribution in [0.1, 0.15) is 37.7 Å². The highest BCUT2D eigenvalue weighted by molar-refractivity contribution is 5.74. The van der Waals surface area contributed by atoms with E-state index < -0.39 is 0 Å². The molecule has 0 bridgehead atoms. The fourth-order valence-corrected chi connectivity index (χ4v) is 2.54. The molecule has 0 aliphatic rings. The molecule has 1 aromatic carbocycles. The zero-order chi connectivity index (χ0) is 14.9. The van der Waals surface area contributed by atoms with Gasteiger partial charge in [0.2, 0.25) is 0 Å². The summed E-state index contributed by atoms with van der Waals surface area (Å²) in [5.41, 5.74) is 10.9. The monoisotopic (exact) mass is 271 g/mol. The lowest BCUT2D eigenvalue weighted by Gasteiger charge is -2.11. The third kappa shape index (κ3) is 2.72. The van der Waals surface area contributed by atoms with E-state index in [9.17, 15) is 0 Å². The number of nitrogen functional groups attached to an aromatic ring is 1.